The molecule has 10 nitrogen and oxygen atoms in total. The molecule has 1 aromatic carbocycles. The van der Waals surface area contributed by atoms with Crippen LogP contribution in [0.25, 0.3) is 16.6 Å². The molecule has 10 heteroatoms. The van der Waals surface area contributed by atoms with Crippen LogP contribution < -0.4 is 15.4 Å². The number of fused-ring (bicyclic) bond motifs is 3. The minimum Gasteiger partial charge on any atom is -0.494 e. The fourth-order valence-corrected chi connectivity index (χ4v) is 5.33. The van der Waals surface area contributed by atoms with Crippen molar-refractivity contribution >= 4 is 34.0 Å². The Morgan fingerprint density at radius 2 is 2.15 bits per heavy atom. The van der Waals surface area contributed by atoms with Gasteiger partial charge in [-0.1, -0.05) is 6.07 Å². The highest BCUT2D eigenvalue weighted by molar-refractivity contribution is 5.95. The van der Waals surface area contributed by atoms with Crippen LogP contribution in [0.5, 0.6) is 5.75 Å². The van der Waals surface area contributed by atoms with Crippen LogP contribution in [0.1, 0.15) is 43.8 Å². The number of anilines is 2. The van der Waals surface area contributed by atoms with E-state index in [0.29, 0.717) is 47.4 Å². The quantitative estimate of drug-likeness (QED) is 0.483. The monoisotopic (exact) mass is 460 g/mol. The number of carbonyl (C=O) groups is 1. The lowest BCUT2D eigenvalue weighted by Crippen LogP contribution is -2.34. The molecule has 1 saturated heterocycles. The summed E-state index contributed by atoms with van der Waals surface area (Å²) < 4.78 is 9.08. The number of nitrogens with zero attached hydrogens (tertiary/aromatic N) is 7. The summed E-state index contributed by atoms with van der Waals surface area (Å²) in [7, 11) is 1.62. The first-order valence-electron chi connectivity index (χ1n) is 11.9. The van der Waals surface area contributed by atoms with Crippen LogP contribution in [-0.2, 0) is 11.3 Å². The van der Waals surface area contributed by atoms with Gasteiger partial charge in [0.1, 0.15) is 17.0 Å². The molecule has 2 fully saturated rings. The Hall–Kier alpha value is -3.69. The van der Waals surface area contributed by atoms with Gasteiger partial charge in [-0.05, 0) is 37.3 Å². The summed E-state index contributed by atoms with van der Waals surface area (Å²) in [5, 5.41) is 10.2. The molecule has 1 aliphatic heterocycles. The molecule has 4 aromatic rings. The molecule has 2 N–H and O–H groups in total. The number of carbonyl (C=O) groups excluding carboxylic acids is 1. The predicted molar refractivity (Wildman–Crippen MR) is 128 cm³/mol. The number of hydrogen-bond acceptors (Lipinski definition) is 8. The van der Waals surface area contributed by atoms with E-state index in [1.807, 2.05) is 29.1 Å². The molecule has 0 bridgehead atoms. The molecule has 0 spiro atoms. The van der Waals surface area contributed by atoms with Gasteiger partial charge in [0.25, 0.3) is 0 Å². The van der Waals surface area contributed by atoms with E-state index in [-0.39, 0.29) is 5.92 Å². The number of ether oxygens (including phenoxy) is 1. The van der Waals surface area contributed by atoms with E-state index in [4.69, 9.17) is 20.6 Å². The van der Waals surface area contributed by atoms with Gasteiger partial charge in [-0.25, -0.2) is 9.97 Å². The number of nitrogen functional groups attached to an aromatic ring is 1. The van der Waals surface area contributed by atoms with Crippen LogP contribution in [0.15, 0.2) is 30.6 Å². The summed E-state index contributed by atoms with van der Waals surface area (Å²) in [6.45, 7) is 2.60. The Morgan fingerprint density at radius 3 is 2.97 bits per heavy atom. The van der Waals surface area contributed by atoms with Gasteiger partial charge in [0, 0.05) is 50.0 Å². The Kier molecular flexibility index (Phi) is 5.08. The number of ketones is 1. The first-order valence-corrected chi connectivity index (χ1v) is 11.9. The summed E-state index contributed by atoms with van der Waals surface area (Å²) in [5.41, 5.74) is 8.73. The second-order valence-corrected chi connectivity index (χ2v) is 9.39. The molecule has 0 amide bonds. The number of rotatable bonds is 5. The van der Waals surface area contributed by atoms with Crippen molar-refractivity contribution in [3.05, 3.63) is 36.4 Å². The lowest BCUT2D eigenvalue weighted by atomic mass is 9.97. The van der Waals surface area contributed by atoms with Crippen LogP contribution in [0.3, 0.4) is 0 Å². The summed E-state index contributed by atoms with van der Waals surface area (Å²) >= 11 is 0. The maximum atomic E-state index is 11.6. The van der Waals surface area contributed by atoms with Gasteiger partial charge >= 0.3 is 0 Å². The highest BCUT2D eigenvalue weighted by Gasteiger charge is 2.27. The molecule has 3 aromatic heterocycles. The third kappa shape index (κ3) is 3.63. The average Bonchev–Trinajstić information content (AvgIpc) is 3.59. The fourth-order valence-electron chi connectivity index (χ4n) is 5.33. The zero-order valence-corrected chi connectivity index (χ0v) is 19.2. The number of hydrogen-bond donors (Lipinski definition) is 1. The van der Waals surface area contributed by atoms with E-state index < -0.39 is 0 Å². The summed E-state index contributed by atoms with van der Waals surface area (Å²) in [6.07, 6.45) is 8.45. The number of piperidine rings is 1. The summed E-state index contributed by atoms with van der Waals surface area (Å²) in [5.74, 6) is 2.71. The van der Waals surface area contributed by atoms with Crippen molar-refractivity contribution in [1.82, 2.24) is 29.4 Å². The number of nitrogens with two attached hydrogens (primary N) is 1. The molecule has 1 saturated carbocycles. The number of benzene rings is 1. The Labute approximate surface area is 196 Å². The first kappa shape index (κ1) is 20.9. The Balaban J connectivity index is 1.25. The van der Waals surface area contributed by atoms with Crippen LogP contribution in [-0.4, -0.2) is 55.3 Å². The van der Waals surface area contributed by atoms with E-state index in [1.54, 1.807) is 11.6 Å². The SMILES string of the molecule is COc1cccc2c1nc(N)n1nc([C@@H]3CCCN(c4cnn(C[C@@H]5CCC(=O)C5)c4)C3)nc21. The van der Waals surface area contributed by atoms with Gasteiger partial charge < -0.3 is 15.4 Å². The molecule has 34 heavy (non-hydrogen) atoms. The van der Waals surface area contributed by atoms with Gasteiger partial charge in [0.2, 0.25) is 5.95 Å². The number of Topliss-reactive ketones (excluding diaryl/α,β-unsaturated/α-hetero) is 1. The third-order valence-corrected chi connectivity index (χ3v) is 7.09. The van der Waals surface area contributed by atoms with Crippen molar-refractivity contribution in [3.8, 4) is 5.75 Å². The highest BCUT2D eigenvalue weighted by Crippen LogP contribution is 2.32. The van der Waals surface area contributed by atoms with Crippen LogP contribution in [0.4, 0.5) is 11.6 Å². The van der Waals surface area contributed by atoms with Crippen molar-refractivity contribution in [2.24, 2.45) is 5.92 Å². The maximum absolute atomic E-state index is 11.6. The van der Waals surface area contributed by atoms with Gasteiger partial charge in [0.15, 0.2) is 11.5 Å². The lowest BCUT2D eigenvalue weighted by molar-refractivity contribution is -0.117. The largest absolute Gasteiger partial charge is 0.494 e. The number of methoxy groups -OCH3 is 1. The van der Waals surface area contributed by atoms with E-state index >= 15 is 0 Å². The summed E-state index contributed by atoms with van der Waals surface area (Å²) in [4.78, 5) is 23.4. The molecule has 6 rings (SSSR count). The molecular formula is C24H28N8O2. The Bertz CT molecular complexity index is 1380. The fraction of sp³-hybridized carbons (Fsp3) is 0.458. The van der Waals surface area contributed by atoms with Crippen molar-refractivity contribution < 1.29 is 9.53 Å². The predicted octanol–water partition coefficient (Wildman–Crippen LogP) is 2.82. The van der Waals surface area contributed by atoms with Crippen LogP contribution >= 0.6 is 0 Å². The topological polar surface area (TPSA) is 116 Å². The standard InChI is InChI=1S/C24H28N8O2/c1-34-20-6-2-5-19-21(20)27-24(25)32-23(19)28-22(29-32)16-4-3-9-30(13-16)17-11-26-31(14-17)12-15-7-8-18(33)10-15/h2,5-6,11,14-16H,3-4,7-10,12-13H2,1H3,(H2,25,27)/t15-,16-/m1/s1. The van der Waals surface area contributed by atoms with Crippen molar-refractivity contribution in [2.75, 3.05) is 30.8 Å². The molecule has 0 radical (unpaired) electrons. The lowest BCUT2D eigenvalue weighted by Gasteiger charge is -2.32. The van der Waals surface area contributed by atoms with Gasteiger partial charge in [-0.15, -0.1) is 5.10 Å². The van der Waals surface area contributed by atoms with Crippen molar-refractivity contribution in [3.63, 3.8) is 0 Å². The molecule has 1 aliphatic carbocycles. The Morgan fingerprint density at radius 1 is 1.24 bits per heavy atom. The zero-order chi connectivity index (χ0) is 23.2. The van der Waals surface area contributed by atoms with Gasteiger partial charge in [-0.3, -0.25) is 9.48 Å². The van der Waals surface area contributed by atoms with Gasteiger partial charge in [0.05, 0.1) is 19.0 Å². The third-order valence-electron chi connectivity index (χ3n) is 7.09. The van der Waals surface area contributed by atoms with E-state index in [1.165, 1.54) is 0 Å². The van der Waals surface area contributed by atoms with E-state index in [2.05, 4.69) is 21.2 Å². The molecule has 2 aliphatic rings. The number of aromatic nitrogens is 6. The normalized spacial score (nSPS) is 21.1. The smallest absolute Gasteiger partial charge is 0.223 e. The zero-order valence-electron chi connectivity index (χ0n) is 19.2. The van der Waals surface area contributed by atoms with Crippen LogP contribution in [0.2, 0.25) is 0 Å². The van der Waals surface area contributed by atoms with E-state index in [0.717, 1.165) is 55.8 Å². The number of para-hydroxylation sites is 1. The summed E-state index contributed by atoms with van der Waals surface area (Å²) in [6, 6.07) is 5.76. The van der Waals surface area contributed by atoms with Crippen molar-refractivity contribution in [2.45, 2.75) is 44.6 Å². The molecule has 176 valence electrons. The van der Waals surface area contributed by atoms with Crippen LogP contribution in [0, 0.1) is 5.92 Å². The van der Waals surface area contributed by atoms with Gasteiger partial charge in [-0.2, -0.15) is 9.61 Å². The second-order valence-electron chi connectivity index (χ2n) is 9.39. The minimum absolute atomic E-state index is 0.185. The highest BCUT2D eigenvalue weighted by atomic mass is 16.5. The van der Waals surface area contributed by atoms with E-state index in [9.17, 15) is 4.79 Å². The first-order chi connectivity index (χ1) is 16.6. The molecule has 2 atom stereocenters. The second kappa shape index (κ2) is 8.27. The minimum atomic E-state index is 0.185. The average molecular weight is 461 g/mol. The maximum Gasteiger partial charge on any atom is 0.223 e. The van der Waals surface area contributed by atoms with Crippen molar-refractivity contribution in [1.29, 1.82) is 0 Å². The molecule has 0 unspecified atom stereocenters. The molecule has 4 heterocycles. The molecular weight excluding hydrogens is 432 g/mol.